The van der Waals surface area contributed by atoms with Gasteiger partial charge in [-0.3, -0.25) is 9.48 Å². The molecule has 59 heavy (non-hydrogen) atoms. The van der Waals surface area contributed by atoms with E-state index < -0.39 is 5.60 Å². The average molecular weight is 792 g/mol. The topological polar surface area (TPSA) is 116 Å². The Labute approximate surface area is 347 Å². The van der Waals surface area contributed by atoms with Crippen molar-refractivity contribution in [3.05, 3.63) is 129 Å². The Morgan fingerprint density at radius 2 is 1.75 bits per heavy atom. The monoisotopic (exact) mass is 791 g/mol. The molecular formula is C47H53N9O3. The Morgan fingerprint density at radius 1 is 0.983 bits per heavy atom. The van der Waals surface area contributed by atoms with Crippen molar-refractivity contribution in [3.63, 3.8) is 0 Å². The molecule has 1 spiro atoms. The number of nitriles is 1. The molecule has 12 nitrogen and oxygen atoms in total. The number of hydrogen-bond acceptors (Lipinski definition) is 10. The van der Waals surface area contributed by atoms with E-state index >= 15 is 0 Å². The highest BCUT2D eigenvalue weighted by Gasteiger charge is 2.45. The summed E-state index contributed by atoms with van der Waals surface area (Å²) in [5.74, 6) is 1.11. The van der Waals surface area contributed by atoms with Gasteiger partial charge >= 0.3 is 6.01 Å². The predicted octanol–water partition coefficient (Wildman–Crippen LogP) is 6.50. The highest BCUT2D eigenvalue weighted by molar-refractivity contribution is 5.92. The zero-order valence-corrected chi connectivity index (χ0v) is 34.4. The highest BCUT2D eigenvalue weighted by atomic mass is 16.5. The first-order valence-electron chi connectivity index (χ1n) is 21.0. The normalized spacial score (nSPS) is 20.0. The molecule has 0 radical (unpaired) electrons. The van der Waals surface area contributed by atoms with E-state index in [2.05, 4.69) is 93.6 Å². The second-order valence-corrected chi connectivity index (χ2v) is 16.9. The molecule has 3 aliphatic heterocycles. The molecule has 1 fully saturated rings. The number of benzene rings is 3. The number of aromatic nitrogens is 4. The molecule has 1 aliphatic carbocycles. The molecule has 2 atom stereocenters. The molecule has 5 aromatic rings. The van der Waals surface area contributed by atoms with Crippen molar-refractivity contribution >= 4 is 17.4 Å². The van der Waals surface area contributed by atoms with Crippen molar-refractivity contribution in [1.82, 2.24) is 29.5 Å². The van der Waals surface area contributed by atoms with Gasteiger partial charge in [0, 0.05) is 70.3 Å². The zero-order chi connectivity index (χ0) is 40.5. The van der Waals surface area contributed by atoms with Crippen LogP contribution in [-0.4, -0.2) is 82.8 Å². The van der Waals surface area contributed by atoms with Crippen LogP contribution < -0.4 is 14.5 Å². The van der Waals surface area contributed by atoms with Crippen molar-refractivity contribution in [2.45, 2.75) is 76.9 Å². The van der Waals surface area contributed by atoms with Crippen LogP contribution in [0.2, 0.25) is 0 Å². The molecule has 3 aromatic carbocycles. The fourth-order valence-electron chi connectivity index (χ4n) is 9.56. The number of ether oxygens (including phenoxy) is 2. The first-order chi connectivity index (χ1) is 28.8. The Morgan fingerprint density at radius 3 is 2.44 bits per heavy atom. The van der Waals surface area contributed by atoms with E-state index in [0.29, 0.717) is 69.0 Å². The van der Waals surface area contributed by atoms with Crippen LogP contribution in [0.4, 0.5) is 11.5 Å². The van der Waals surface area contributed by atoms with Crippen molar-refractivity contribution < 1.29 is 14.3 Å². The maximum absolute atomic E-state index is 12.9. The van der Waals surface area contributed by atoms with E-state index in [1.165, 1.54) is 16.7 Å². The van der Waals surface area contributed by atoms with Crippen LogP contribution in [0.15, 0.2) is 78.9 Å². The molecule has 0 N–H and O–H groups in total. The first kappa shape index (κ1) is 38.7. The van der Waals surface area contributed by atoms with Gasteiger partial charge in [-0.15, -0.1) is 0 Å². The van der Waals surface area contributed by atoms with Crippen molar-refractivity contribution in [3.8, 4) is 12.1 Å². The van der Waals surface area contributed by atoms with Gasteiger partial charge in [0.25, 0.3) is 5.91 Å². The SMILES string of the molecule is CN1CC[C@@H](COc2nc3c(c(N4CCCn5nc(C(=O)N(C)C)cc5C4)n2)COC2(CCCc4ccc(N(Cc5ccccc5)Cc5ccccc5)c(C#N)c42)C3)C1. The number of rotatable bonds is 10. The quantitative estimate of drug-likeness (QED) is 0.155. The number of carbonyl (C=O) groups excluding carboxylic acids is 1. The summed E-state index contributed by atoms with van der Waals surface area (Å²) in [6.07, 6.45) is 5.05. The summed E-state index contributed by atoms with van der Waals surface area (Å²) in [6.45, 7) is 6.23. The molecule has 9 rings (SSSR count). The number of nitrogens with zero attached hydrogens (tertiary/aromatic N) is 9. The molecule has 1 amide bonds. The lowest BCUT2D eigenvalue weighted by atomic mass is 9.72. The summed E-state index contributed by atoms with van der Waals surface area (Å²) in [4.78, 5) is 31.7. The summed E-state index contributed by atoms with van der Waals surface area (Å²) < 4.78 is 15.6. The molecular weight excluding hydrogens is 739 g/mol. The van der Waals surface area contributed by atoms with E-state index in [1.54, 1.807) is 19.0 Å². The minimum absolute atomic E-state index is 0.112. The number of fused-ring (bicyclic) bond motifs is 4. The molecule has 1 saturated heterocycles. The molecule has 304 valence electrons. The van der Waals surface area contributed by atoms with Crippen LogP contribution in [0, 0.1) is 17.2 Å². The Bertz CT molecular complexity index is 2320. The lowest BCUT2D eigenvalue weighted by Crippen LogP contribution is -2.41. The van der Waals surface area contributed by atoms with Gasteiger partial charge in [-0.1, -0.05) is 66.7 Å². The van der Waals surface area contributed by atoms with Crippen LogP contribution in [0.1, 0.15) is 80.9 Å². The molecule has 2 aromatic heterocycles. The predicted molar refractivity (Wildman–Crippen MR) is 226 cm³/mol. The molecule has 0 saturated carbocycles. The number of aryl methyl sites for hydroxylation is 2. The van der Waals surface area contributed by atoms with E-state index in [1.807, 2.05) is 22.9 Å². The van der Waals surface area contributed by atoms with Gasteiger partial charge < -0.3 is 29.1 Å². The second-order valence-electron chi connectivity index (χ2n) is 16.9. The Balaban J connectivity index is 1.10. The summed E-state index contributed by atoms with van der Waals surface area (Å²) in [7, 11) is 5.65. The van der Waals surface area contributed by atoms with Gasteiger partial charge in [-0.05, 0) is 74.5 Å². The number of amides is 1. The number of hydrogen-bond donors (Lipinski definition) is 0. The largest absolute Gasteiger partial charge is 0.463 e. The molecule has 0 bridgehead atoms. The van der Waals surface area contributed by atoms with E-state index in [0.717, 1.165) is 85.8 Å². The fourth-order valence-corrected chi connectivity index (χ4v) is 9.56. The van der Waals surface area contributed by atoms with Gasteiger partial charge in [-0.25, -0.2) is 0 Å². The number of anilines is 2. The fraction of sp³-hybridized carbons (Fsp3) is 0.426. The molecule has 5 heterocycles. The van der Waals surface area contributed by atoms with Crippen LogP contribution in [0.3, 0.4) is 0 Å². The van der Waals surface area contributed by atoms with Crippen LogP contribution in [-0.2, 0) is 56.0 Å². The van der Waals surface area contributed by atoms with Gasteiger partial charge in [0.15, 0.2) is 5.69 Å². The molecule has 1 unspecified atom stereocenters. The van der Waals surface area contributed by atoms with Gasteiger partial charge in [0.1, 0.15) is 17.5 Å². The third kappa shape index (κ3) is 7.89. The van der Waals surface area contributed by atoms with Crippen molar-refractivity contribution in [2.24, 2.45) is 5.92 Å². The van der Waals surface area contributed by atoms with Gasteiger partial charge in [0.05, 0.1) is 42.4 Å². The molecule has 12 heteroatoms. The lowest BCUT2D eigenvalue weighted by Gasteiger charge is -2.44. The van der Waals surface area contributed by atoms with E-state index in [-0.39, 0.29) is 5.91 Å². The summed E-state index contributed by atoms with van der Waals surface area (Å²) in [6, 6.07) is 30.3. The number of likely N-dealkylation sites (tertiary alicyclic amines) is 1. The first-order valence-corrected chi connectivity index (χ1v) is 21.0. The second kappa shape index (κ2) is 16.5. The maximum atomic E-state index is 12.9. The number of carbonyl (C=O) groups is 1. The highest BCUT2D eigenvalue weighted by Crippen LogP contribution is 2.49. The third-order valence-electron chi connectivity index (χ3n) is 12.5. The summed E-state index contributed by atoms with van der Waals surface area (Å²) >= 11 is 0. The molecule has 4 aliphatic rings. The van der Waals surface area contributed by atoms with Crippen molar-refractivity contribution in [2.75, 3.05) is 57.2 Å². The minimum atomic E-state index is -0.733. The Kier molecular flexibility index (Phi) is 10.8. The minimum Gasteiger partial charge on any atom is -0.463 e. The van der Waals surface area contributed by atoms with Crippen LogP contribution >= 0.6 is 0 Å². The average Bonchev–Trinajstić information content (AvgIpc) is 3.81. The van der Waals surface area contributed by atoms with E-state index in [4.69, 9.17) is 19.4 Å². The van der Waals surface area contributed by atoms with E-state index in [9.17, 15) is 10.1 Å². The van der Waals surface area contributed by atoms with Crippen LogP contribution in [0.25, 0.3) is 0 Å². The summed E-state index contributed by atoms with van der Waals surface area (Å²) in [5, 5.41) is 15.9. The maximum Gasteiger partial charge on any atom is 0.318 e. The summed E-state index contributed by atoms with van der Waals surface area (Å²) in [5.41, 5.74) is 8.66. The lowest BCUT2D eigenvalue weighted by molar-refractivity contribution is -0.0857. The smallest absolute Gasteiger partial charge is 0.318 e. The zero-order valence-electron chi connectivity index (χ0n) is 34.4. The van der Waals surface area contributed by atoms with Crippen molar-refractivity contribution in [1.29, 1.82) is 5.26 Å². The van der Waals surface area contributed by atoms with Gasteiger partial charge in [0.2, 0.25) is 0 Å². The third-order valence-corrected chi connectivity index (χ3v) is 12.5. The van der Waals surface area contributed by atoms with Gasteiger partial charge in [-0.2, -0.15) is 20.3 Å². The van der Waals surface area contributed by atoms with Crippen LogP contribution in [0.5, 0.6) is 6.01 Å². The standard InChI is InChI=1S/C47H53N9O3/c1-52(2)45(57)40-24-37-30-54(21-11-22-56(37)51-40)44-39-32-59-47(25-41(39)49-46(50-44)58-31-35-19-23-53(3)27-35)20-10-16-36-17-18-42(38(26-48)43(36)47)55(28-33-12-6-4-7-13-33)29-34-14-8-5-9-15-34/h4-9,12-15,17-18,24,35H,10-11,16,19-23,25,27-32H2,1-3H3/t35-,47?/m1/s1. The Hall–Kier alpha value is -5.77.